The van der Waals surface area contributed by atoms with Crippen LogP contribution in [0, 0.1) is 6.92 Å². The Balaban J connectivity index is 1.52. The highest BCUT2D eigenvalue weighted by Gasteiger charge is 2.12. The van der Waals surface area contributed by atoms with Gasteiger partial charge in [0.2, 0.25) is 10.9 Å². The molecule has 0 aliphatic heterocycles. The van der Waals surface area contributed by atoms with Crippen molar-refractivity contribution in [1.29, 1.82) is 0 Å². The predicted octanol–water partition coefficient (Wildman–Crippen LogP) is 3.36. The Morgan fingerprint density at radius 1 is 1.27 bits per heavy atom. The van der Waals surface area contributed by atoms with Crippen LogP contribution >= 0.6 is 23.1 Å². The van der Waals surface area contributed by atoms with Crippen LogP contribution in [0.3, 0.4) is 0 Å². The molecule has 0 spiro atoms. The zero-order chi connectivity index (χ0) is 18.1. The highest BCUT2D eigenvalue weighted by atomic mass is 32.2. The Hall–Kier alpha value is -2.52. The van der Waals surface area contributed by atoms with E-state index in [4.69, 9.17) is 4.42 Å². The average molecular weight is 385 g/mol. The molecule has 9 heteroatoms. The summed E-state index contributed by atoms with van der Waals surface area (Å²) in [5.41, 5.74) is 2.51. The molecule has 1 aromatic carbocycles. The second-order valence-electron chi connectivity index (χ2n) is 5.66. The normalized spacial score (nSPS) is 11.3. The third-order valence-corrected chi connectivity index (χ3v) is 5.56. The molecule has 0 unspecified atom stereocenters. The van der Waals surface area contributed by atoms with Gasteiger partial charge >= 0.3 is 0 Å². The molecule has 0 aliphatic rings. The van der Waals surface area contributed by atoms with Crippen LogP contribution in [0.2, 0.25) is 0 Å². The second-order valence-corrected chi connectivity index (χ2v) is 7.63. The molecule has 7 nitrogen and oxygen atoms in total. The molecule has 0 atom stereocenters. The minimum absolute atomic E-state index is 0.174. The Morgan fingerprint density at radius 2 is 2.15 bits per heavy atom. The SMILES string of the molecule is CCc1nn2c(=O)cc(CSc3nnc(-c4cccc(C)c4)o3)nc2s1. The molecular formula is C17H15N5O2S2. The summed E-state index contributed by atoms with van der Waals surface area (Å²) < 4.78 is 7.05. The highest BCUT2D eigenvalue weighted by Crippen LogP contribution is 2.25. The van der Waals surface area contributed by atoms with Crippen molar-refractivity contribution in [3.8, 4) is 11.5 Å². The summed E-state index contributed by atoms with van der Waals surface area (Å²) in [6.45, 7) is 4.01. The molecule has 3 aromatic heterocycles. The van der Waals surface area contributed by atoms with E-state index in [-0.39, 0.29) is 5.56 Å². The van der Waals surface area contributed by atoms with Crippen LogP contribution in [0.15, 0.2) is 44.8 Å². The summed E-state index contributed by atoms with van der Waals surface area (Å²) in [6, 6.07) is 9.39. The van der Waals surface area contributed by atoms with Gasteiger partial charge in [0.05, 0.1) is 5.69 Å². The van der Waals surface area contributed by atoms with Crippen LogP contribution in [-0.4, -0.2) is 24.8 Å². The monoisotopic (exact) mass is 385 g/mol. The predicted molar refractivity (Wildman–Crippen MR) is 101 cm³/mol. The van der Waals surface area contributed by atoms with Gasteiger partial charge in [-0.25, -0.2) is 4.98 Å². The van der Waals surface area contributed by atoms with E-state index in [9.17, 15) is 4.79 Å². The summed E-state index contributed by atoms with van der Waals surface area (Å²) in [5, 5.41) is 13.7. The fourth-order valence-corrected chi connectivity index (χ4v) is 3.92. The number of nitrogens with zero attached hydrogens (tertiary/aromatic N) is 5. The van der Waals surface area contributed by atoms with E-state index < -0.39 is 0 Å². The maximum absolute atomic E-state index is 12.2. The number of aromatic nitrogens is 5. The van der Waals surface area contributed by atoms with Crippen LogP contribution in [-0.2, 0) is 12.2 Å². The zero-order valence-electron chi connectivity index (χ0n) is 14.2. The number of aryl methyl sites for hydroxylation is 2. The van der Waals surface area contributed by atoms with Gasteiger partial charge in [0, 0.05) is 17.4 Å². The topological polar surface area (TPSA) is 86.2 Å². The van der Waals surface area contributed by atoms with Crippen LogP contribution in [0.4, 0.5) is 0 Å². The van der Waals surface area contributed by atoms with Crippen molar-refractivity contribution in [3.05, 3.63) is 57.0 Å². The van der Waals surface area contributed by atoms with E-state index in [1.54, 1.807) is 0 Å². The molecule has 0 saturated carbocycles. The van der Waals surface area contributed by atoms with Gasteiger partial charge in [-0.2, -0.15) is 9.61 Å². The lowest BCUT2D eigenvalue weighted by atomic mass is 10.1. The molecule has 0 radical (unpaired) electrons. The molecule has 0 aliphatic carbocycles. The summed E-state index contributed by atoms with van der Waals surface area (Å²) in [4.78, 5) is 17.3. The molecule has 3 heterocycles. The van der Waals surface area contributed by atoms with E-state index in [1.165, 1.54) is 33.7 Å². The Morgan fingerprint density at radius 3 is 2.96 bits per heavy atom. The first kappa shape index (κ1) is 16.9. The number of benzene rings is 1. The van der Waals surface area contributed by atoms with Gasteiger partial charge in [-0.3, -0.25) is 4.79 Å². The summed E-state index contributed by atoms with van der Waals surface area (Å²) in [5.74, 6) is 0.954. The third-order valence-electron chi connectivity index (χ3n) is 3.66. The van der Waals surface area contributed by atoms with Crippen LogP contribution in [0.1, 0.15) is 23.2 Å². The molecular weight excluding hydrogens is 370 g/mol. The standard InChI is InChI=1S/C17H15N5O2S2/c1-3-13-21-22-14(23)8-12(18-16(22)26-13)9-25-17-20-19-15(24-17)11-6-4-5-10(2)7-11/h4-8H,3,9H2,1-2H3. The van der Waals surface area contributed by atoms with E-state index in [0.717, 1.165) is 22.6 Å². The largest absolute Gasteiger partial charge is 0.411 e. The Bertz CT molecular complexity index is 1130. The van der Waals surface area contributed by atoms with Gasteiger partial charge in [-0.15, -0.1) is 10.2 Å². The molecule has 132 valence electrons. The highest BCUT2D eigenvalue weighted by molar-refractivity contribution is 7.98. The molecule has 0 bridgehead atoms. The van der Waals surface area contributed by atoms with Crippen molar-refractivity contribution >= 4 is 28.1 Å². The maximum atomic E-state index is 12.2. The first-order valence-electron chi connectivity index (χ1n) is 8.04. The Kier molecular flexibility index (Phi) is 4.56. The molecule has 4 aromatic rings. The Labute approximate surface area is 157 Å². The second kappa shape index (κ2) is 7.00. The third kappa shape index (κ3) is 3.40. The van der Waals surface area contributed by atoms with Crippen LogP contribution in [0.5, 0.6) is 0 Å². The fourth-order valence-electron chi connectivity index (χ4n) is 2.41. The smallest absolute Gasteiger partial charge is 0.277 e. The van der Waals surface area contributed by atoms with Gasteiger partial charge in [0.1, 0.15) is 5.01 Å². The zero-order valence-corrected chi connectivity index (χ0v) is 15.8. The number of hydrogen-bond donors (Lipinski definition) is 0. The van der Waals surface area contributed by atoms with Gasteiger partial charge in [0.15, 0.2) is 0 Å². The summed E-state index contributed by atoms with van der Waals surface area (Å²) in [6.07, 6.45) is 0.779. The van der Waals surface area contributed by atoms with Gasteiger partial charge in [-0.05, 0) is 25.5 Å². The van der Waals surface area contributed by atoms with Crippen molar-refractivity contribution < 1.29 is 4.42 Å². The molecule has 0 fully saturated rings. The minimum Gasteiger partial charge on any atom is -0.411 e. The summed E-state index contributed by atoms with van der Waals surface area (Å²) in [7, 11) is 0. The van der Waals surface area contributed by atoms with E-state index >= 15 is 0 Å². The fraction of sp³-hybridized carbons (Fsp3) is 0.235. The van der Waals surface area contributed by atoms with Crippen molar-refractivity contribution in [2.75, 3.05) is 0 Å². The molecule has 4 rings (SSSR count). The van der Waals surface area contributed by atoms with Crippen molar-refractivity contribution in [1.82, 2.24) is 24.8 Å². The number of thioether (sulfide) groups is 1. The quantitative estimate of drug-likeness (QED) is 0.487. The number of fused-ring (bicyclic) bond motifs is 1. The van der Waals surface area contributed by atoms with Crippen molar-refractivity contribution in [2.24, 2.45) is 0 Å². The maximum Gasteiger partial charge on any atom is 0.277 e. The van der Waals surface area contributed by atoms with Crippen molar-refractivity contribution in [2.45, 2.75) is 31.2 Å². The van der Waals surface area contributed by atoms with Gasteiger partial charge < -0.3 is 4.42 Å². The van der Waals surface area contributed by atoms with E-state index in [0.29, 0.717) is 27.5 Å². The van der Waals surface area contributed by atoms with E-state index in [1.807, 2.05) is 38.1 Å². The lowest BCUT2D eigenvalue weighted by Crippen LogP contribution is -2.15. The molecule has 26 heavy (non-hydrogen) atoms. The van der Waals surface area contributed by atoms with Crippen molar-refractivity contribution in [3.63, 3.8) is 0 Å². The lowest BCUT2D eigenvalue weighted by molar-refractivity contribution is 0.465. The number of rotatable bonds is 5. The van der Waals surface area contributed by atoms with E-state index in [2.05, 4.69) is 20.3 Å². The van der Waals surface area contributed by atoms with Gasteiger partial charge in [0.25, 0.3) is 10.8 Å². The minimum atomic E-state index is -0.174. The lowest BCUT2D eigenvalue weighted by Gasteiger charge is -1.98. The average Bonchev–Trinajstić information content (AvgIpc) is 3.27. The first-order chi connectivity index (χ1) is 12.6. The van der Waals surface area contributed by atoms with Crippen LogP contribution in [0.25, 0.3) is 16.4 Å². The molecule has 0 amide bonds. The summed E-state index contributed by atoms with van der Waals surface area (Å²) >= 11 is 2.79. The number of hydrogen-bond acceptors (Lipinski definition) is 8. The van der Waals surface area contributed by atoms with Gasteiger partial charge in [-0.1, -0.05) is 47.7 Å². The molecule has 0 saturated heterocycles. The molecule has 0 N–H and O–H groups in total. The first-order valence-corrected chi connectivity index (χ1v) is 9.84. The van der Waals surface area contributed by atoms with Crippen LogP contribution < -0.4 is 5.56 Å².